The lowest BCUT2D eigenvalue weighted by atomic mass is 9.67. The molecule has 0 radical (unpaired) electrons. The Labute approximate surface area is 614 Å². The molecule has 6 nitrogen and oxygen atoms in total. The summed E-state index contributed by atoms with van der Waals surface area (Å²) < 4.78 is 0. The van der Waals surface area contributed by atoms with Crippen LogP contribution in [-0.4, -0.2) is 29.9 Å². The predicted molar refractivity (Wildman–Crippen MR) is 431 cm³/mol. The van der Waals surface area contributed by atoms with Crippen LogP contribution in [0.25, 0.3) is 157 Å². The van der Waals surface area contributed by atoms with Gasteiger partial charge in [-0.3, -0.25) is 0 Å². The Morgan fingerprint density at radius 3 is 0.830 bits per heavy atom. The summed E-state index contributed by atoms with van der Waals surface area (Å²) in [5.41, 5.74) is 29.0. The number of benzene rings is 16. The summed E-state index contributed by atoms with van der Waals surface area (Å²) >= 11 is 0. The zero-order valence-electron chi connectivity index (χ0n) is 57.5. The maximum atomic E-state index is 5.37. The van der Waals surface area contributed by atoms with Crippen LogP contribution in [0.2, 0.25) is 0 Å². The molecule has 6 heteroatoms. The average molecular weight is 1350 g/mol. The maximum Gasteiger partial charge on any atom is 0.164 e. The zero-order chi connectivity index (χ0) is 69.9. The van der Waals surface area contributed by atoms with E-state index in [4.69, 9.17) is 29.9 Å². The summed E-state index contributed by atoms with van der Waals surface area (Å²) in [7, 11) is 0. The molecule has 2 heterocycles. The van der Waals surface area contributed by atoms with Crippen molar-refractivity contribution < 1.29 is 0 Å². The quantitative estimate of drug-likeness (QED) is 0.128. The summed E-state index contributed by atoms with van der Waals surface area (Å²) in [6.07, 6.45) is 0. The molecule has 0 saturated carbocycles. The molecule has 16 aromatic carbocycles. The van der Waals surface area contributed by atoms with Gasteiger partial charge in [0.25, 0.3) is 0 Å². The number of hydrogen-bond donors (Lipinski definition) is 0. The van der Waals surface area contributed by atoms with E-state index in [2.05, 4.69) is 297 Å². The van der Waals surface area contributed by atoms with Crippen molar-refractivity contribution in [1.29, 1.82) is 0 Å². The van der Waals surface area contributed by atoms with E-state index >= 15 is 0 Å². The Bertz CT molecular complexity index is 6450. The van der Waals surface area contributed by atoms with Gasteiger partial charge in [-0.05, 0) is 175 Å². The maximum absolute atomic E-state index is 5.37. The monoisotopic (exact) mass is 1350 g/mol. The molecule has 0 N–H and O–H groups in total. The van der Waals surface area contributed by atoms with Gasteiger partial charge in [-0.1, -0.05) is 334 Å². The molecule has 0 saturated heterocycles. The third-order valence-corrected chi connectivity index (χ3v) is 22.3. The Morgan fingerprint density at radius 2 is 0.406 bits per heavy atom. The zero-order valence-corrected chi connectivity index (χ0v) is 57.5. The Morgan fingerprint density at radius 1 is 0.142 bits per heavy atom. The number of hydrogen-bond acceptors (Lipinski definition) is 6. The van der Waals surface area contributed by atoms with E-state index in [1.807, 2.05) is 78.9 Å². The van der Waals surface area contributed by atoms with Crippen molar-refractivity contribution in [1.82, 2.24) is 29.9 Å². The molecular weight excluding hydrogens is 1290 g/mol. The van der Waals surface area contributed by atoms with Crippen molar-refractivity contribution in [3.05, 3.63) is 421 Å². The first-order valence-electron chi connectivity index (χ1n) is 36.2. The molecule has 1 unspecified atom stereocenters. The fraction of sp³-hybridized carbons (Fsp3) is 0.0200. The predicted octanol–water partition coefficient (Wildman–Crippen LogP) is 24.1. The van der Waals surface area contributed by atoms with E-state index in [-0.39, 0.29) is 0 Å². The number of aromatic nitrogens is 6. The molecule has 18 aromatic rings. The highest BCUT2D eigenvalue weighted by Gasteiger charge is 2.52. The second-order valence-electron chi connectivity index (χ2n) is 28.0. The molecule has 1 spiro atoms. The SMILES string of the molecule is c1ccc(-c2nc(-c3ccccc3)nc(-c3ccc4ccc(-c5ccc6c(c5)C(c5ccccc5)(c5ccc(-c7cccc(-c8nc(-c9ccccc9)nc(-c9ccc%10ccc(-c%11ccc%12c(c%11)C%11(c%13ccccc%13-c%13ccccc%13%11)c%11ccccc%11-%12)cc%10c9)n8)c7)cc5)c5ccccc5-6)cc4c3)n2)cc1. The minimum atomic E-state index is -0.646. The van der Waals surface area contributed by atoms with Gasteiger partial charge in [-0.2, -0.15) is 0 Å². The van der Waals surface area contributed by atoms with Gasteiger partial charge < -0.3 is 0 Å². The molecule has 21 rings (SSSR count). The van der Waals surface area contributed by atoms with Crippen LogP contribution in [0.5, 0.6) is 0 Å². The van der Waals surface area contributed by atoms with E-state index in [9.17, 15) is 0 Å². The molecular formula is C100H62N6. The lowest BCUT2D eigenvalue weighted by Gasteiger charge is -2.34. The minimum absolute atomic E-state index is 0.427. The molecule has 1 atom stereocenters. The fourth-order valence-electron chi connectivity index (χ4n) is 17.4. The second-order valence-corrected chi connectivity index (χ2v) is 28.0. The smallest absolute Gasteiger partial charge is 0.164 e. The summed E-state index contributed by atoms with van der Waals surface area (Å²) in [4.78, 5) is 31.0. The lowest BCUT2D eigenvalue weighted by Crippen LogP contribution is -2.28. The average Bonchev–Trinajstić information content (AvgIpc) is 1.51. The van der Waals surface area contributed by atoms with Crippen LogP contribution >= 0.6 is 0 Å². The van der Waals surface area contributed by atoms with Gasteiger partial charge in [0.2, 0.25) is 0 Å². The standard InChI is InChI=1S/C100H62N6/c1-5-22-66(23-6-1)93-101-94(67-24-7-2-8-25-67)104-97(103-93)75-46-42-64-40-44-70(57-77(64)59-75)72-50-54-85-83-34-13-17-36-87(83)99(91(85)61-72,79-30-11-4-12-31-79)80-52-48-63(49-53-80)69-28-21-29-74(56-69)96-102-95(68-26-9-3-10-27-68)105-98(106-96)76-47-43-65-41-45-71(58-78(65)60-76)73-51-55-86-84-35-16-20-39-90(84)100(92(86)62-73)88-37-18-14-32-81(88)82-33-15-19-38-89(82)100/h1-62H. The van der Waals surface area contributed by atoms with Gasteiger partial charge in [-0.25, -0.2) is 29.9 Å². The van der Waals surface area contributed by atoms with Crippen LogP contribution in [0.4, 0.5) is 0 Å². The van der Waals surface area contributed by atoms with Crippen molar-refractivity contribution in [3.63, 3.8) is 0 Å². The van der Waals surface area contributed by atoms with E-state index in [0.717, 1.165) is 82.7 Å². The van der Waals surface area contributed by atoms with Crippen LogP contribution in [0.1, 0.15) is 44.5 Å². The third-order valence-electron chi connectivity index (χ3n) is 22.3. The summed E-state index contributed by atoms with van der Waals surface area (Å²) in [5.74, 6) is 3.71. The second kappa shape index (κ2) is 24.4. The van der Waals surface area contributed by atoms with E-state index < -0.39 is 10.8 Å². The highest BCUT2D eigenvalue weighted by molar-refractivity contribution is 5.98. The summed E-state index contributed by atoms with van der Waals surface area (Å²) in [6, 6.07) is 136. The molecule has 3 aliphatic carbocycles. The summed E-state index contributed by atoms with van der Waals surface area (Å²) in [5, 5.41) is 4.47. The fourth-order valence-corrected chi connectivity index (χ4v) is 17.4. The molecule has 3 aliphatic rings. The molecule has 492 valence electrons. The summed E-state index contributed by atoms with van der Waals surface area (Å²) in [6.45, 7) is 0. The van der Waals surface area contributed by atoms with Crippen molar-refractivity contribution in [2.45, 2.75) is 10.8 Å². The molecule has 106 heavy (non-hydrogen) atoms. The van der Waals surface area contributed by atoms with Gasteiger partial charge in [-0.15, -0.1) is 0 Å². The van der Waals surface area contributed by atoms with Crippen LogP contribution in [-0.2, 0) is 10.8 Å². The number of rotatable bonds is 11. The normalized spacial score (nSPS) is 14.0. The third kappa shape index (κ3) is 9.65. The van der Waals surface area contributed by atoms with Crippen LogP contribution in [0, 0.1) is 0 Å². The van der Waals surface area contributed by atoms with Gasteiger partial charge in [0.05, 0.1) is 10.8 Å². The van der Waals surface area contributed by atoms with Crippen molar-refractivity contribution in [3.8, 4) is 135 Å². The van der Waals surface area contributed by atoms with Crippen LogP contribution in [0.15, 0.2) is 376 Å². The largest absolute Gasteiger partial charge is 0.208 e. The van der Waals surface area contributed by atoms with Gasteiger partial charge >= 0.3 is 0 Å². The molecule has 0 fully saturated rings. The first-order valence-corrected chi connectivity index (χ1v) is 36.2. The van der Waals surface area contributed by atoms with Crippen LogP contribution < -0.4 is 0 Å². The van der Waals surface area contributed by atoms with Gasteiger partial charge in [0.15, 0.2) is 34.9 Å². The lowest BCUT2D eigenvalue weighted by molar-refractivity contribution is 0.769. The van der Waals surface area contributed by atoms with Gasteiger partial charge in [0, 0.05) is 33.4 Å². The first kappa shape index (κ1) is 60.8. The first-order chi connectivity index (χ1) is 52.5. The number of fused-ring (bicyclic) bond motifs is 15. The van der Waals surface area contributed by atoms with Crippen molar-refractivity contribution >= 4 is 21.5 Å². The topological polar surface area (TPSA) is 77.3 Å². The molecule has 0 aliphatic heterocycles. The van der Waals surface area contributed by atoms with Crippen LogP contribution in [0.3, 0.4) is 0 Å². The highest BCUT2D eigenvalue weighted by Crippen LogP contribution is 2.63. The minimum Gasteiger partial charge on any atom is -0.208 e. The number of nitrogens with zero attached hydrogens (tertiary/aromatic N) is 6. The van der Waals surface area contributed by atoms with E-state index in [1.165, 1.54) is 83.5 Å². The Kier molecular flexibility index (Phi) is 14.0. The molecule has 0 amide bonds. The molecule has 0 bridgehead atoms. The van der Waals surface area contributed by atoms with E-state index in [0.29, 0.717) is 34.9 Å². The van der Waals surface area contributed by atoms with Crippen molar-refractivity contribution in [2.24, 2.45) is 0 Å². The Balaban J connectivity index is 0.629. The van der Waals surface area contributed by atoms with E-state index in [1.54, 1.807) is 0 Å². The van der Waals surface area contributed by atoms with Crippen molar-refractivity contribution in [2.75, 3.05) is 0 Å². The Hall–Kier alpha value is -13.9. The van der Waals surface area contributed by atoms with Gasteiger partial charge in [0.1, 0.15) is 0 Å². The molecule has 2 aromatic heterocycles. The highest BCUT2D eigenvalue weighted by atomic mass is 15.0.